The average Bonchev–Trinajstić information content (AvgIpc) is 2.89. The number of carbonyl (C=O) groups excluding carboxylic acids is 2. The van der Waals surface area contributed by atoms with Gasteiger partial charge in [-0.3, -0.25) is 14.5 Å². The third-order valence-electron chi connectivity index (χ3n) is 4.33. The smallest absolute Gasteiger partial charge is 0.227 e. The molecule has 2 unspecified atom stereocenters. The minimum atomic E-state index is -0.400. The van der Waals surface area contributed by atoms with Gasteiger partial charge in [0.15, 0.2) is 5.78 Å². The zero-order chi connectivity index (χ0) is 15.6. The molecule has 1 aromatic carbocycles. The largest absolute Gasteiger partial charge is 0.359 e. The van der Waals surface area contributed by atoms with E-state index in [1.54, 1.807) is 7.05 Å². The van der Waals surface area contributed by atoms with Crippen LogP contribution in [0.1, 0.15) is 30.6 Å². The number of carbonyl (C=O) groups is 2. The first-order valence-electron chi connectivity index (χ1n) is 7.13. The molecule has 1 saturated heterocycles. The summed E-state index contributed by atoms with van der Waals surface area (Å²) in [4.78, 5) is 26.6. The Morgan fingerprint density at radius 1 is 1.33 bits per heavy atom. The SMILES string of the molecule is CNC(=O)C1(C)CCN(C(C)C(=O)c2ccc(Br)cc2)C1. The van der Waals surface area contributed by atoms with Crippen molar-refractivity contribution in [2.45, 2.75) is 26.3 Å². The Morgan fingerprint density at radius 3 is 2.52 bits per heavy atom. The molecule has 2 atom stereocenters. The number of hydrogen-bond acceptors (Lipinski definition) is 3. The van der Waals surface area contributed by atoms with Gasteiger partial charge in [-0.25, -0.2) is 0 Å². The molecule has 0 saturated carbocycles. The topological polar surface area (TPSA) is 49.4 Å². The molecule has 1 aromatic rings. The van der Waals surface area contributed by atoms with E-state index in [0.717, 1.165) is 17.4 Å². The second kappa shape index (κ2) is 6.28. The third-order valence-corrected chi connectivity index (χ3v) is 4.86. The molecule has 1 aliphatic rings. The van der Waals surface area contributed by atoms with Crippen molar-refractivity contribution >= 4 is 27.6 Å². The molecule has 1 fully saturated rings. The highest BCUT2D eigenvalue weighted by atomic mass is 79.9. The predicted octanol–water partition coefficient (Wildman–Crippen LogP) is 2.48. The standard InChI is InChI=1S/C16H21BrN2O2/c1-11(14(20)12-4-6-13(17)7-5-12)19-9-8-16(2,10-19)15(21)18-3/h4-7,11H,8-10H2,1-3H3,(H,18,21). The number of Topliss-reactive ketones (excluding diaryl/α,β-unsaturated/α-hetero) is 1. The van der Waals surface area contributed by atoms with Gasteiger partial charge in [0, 0.05) is 23.6 Å². The average molecular weight is 353 g/mol. The van der Waals surface area contributed by atoms with E-state index in [0.29, 0.717) is 12.1 Å². The van der Waals surface area contributed by atoms with E-state index in [4.69, 9.17) is 0 Å². The van der Waals surface area contributed by atoms with Crippen LogP contribution in [0.5, 0.6) is 0 Å². The van der Waals surface area contributed by atoms with Crippen molar-refractivity contribution in [2.75, 3.05) is 20.1 Å². The highest BCUT2D eigenvalue weighted by Crippen LogP contribution is 2.31. The van der Waals surface area contributed by atoms with Crippen LogP contribution in [0, 0.1) is 5.41 Å². The number of halogens is 1. The van der Waals surface area contributed by atoms with Crippen molar-refractivity contribution in [1.29, 1.82) is 0 Å². The molecule has 2 rings (SSSR count). The second-order valence-corrected chi connectivity index (χ2v) is 6.82. The summed E-state index contributed by atoms with van der Waals surface area (Å²) in [6, 6.07) is 7.20. The Kier molecular flexibility index (Phi) is 4.84. The summed E-state index contributed by atoms with van der Waals surface area (Å²) < 4.78 is 0.958. The van der Waals surface area contributed by atoms with Crippen molar-refractivity contribution in [3.8, 4) is 0 Å². The molecule has 21 heavy (non-hydrogen) atoms. The number of benzene rings is 1. The van der Waals surface area contributed by atoms with Crippen molar-refractivity contribution in [3.63, 3.8) is 0 Å². The lowest BCUT2D eigenvalue weighted by Crippen LogP contribution is -2.43. The monoisotopic (exact) mass is 352 g/mol. The number of ketones is 1. The molecule has 114 valence electrons. The number of amides is 1. The van der Waals surface area contributed by atoms with Gasteiger partial charge in [0.25, 0.3) is 0 Å². The van der Waals surface area contributed by atoms with E-state index < -0.39 is 5.41 Å². The summed E-state index contributed by atoms with van der Waals surface area (Å²) in [7, 11) is 1.66. The van der Waals surface area contributed by atoms with Crippen LogP contribution in [-0.4, -0.2) is 42.8 Å². The second-order valence-electron chi connectivity index (χ2n) is 5.91. The fraction of sp³-hybridized carbons (Fsp3) is 0.500. The normalized spacial score (nSPS) is 23.8. The maximum atomic E-state index is 12.5. The summed E-state index contributed by atoms with van der Waals surface area (Å²) in [6.45, 7) is 5.27. The van der Waals surface area contributed by atoms with Crippen molar-refractivity contribution in [2.24, 2.45) is 5.41 Å². The van der Waals surface area contributed by atoms with Gasteiger partial charge in [-0.15, -0.1) is 0 Å². The first-order chi connectivity index (χ1) is 9.87. The van der Waals surface area contributed by atoms with Crippen molar-refractivity contribution < 1.29 is 9.59 Å². The van der Waals surface area contributed by atoms with Gasteiger partial charge >= 0.3 is 0 Å². The van der Waals surface area contributed by atoms with Crippen LogP contribution in [0.2, 0.25) is 0 Å². The number of likely N-dealkylation sites (tertiary alicyclic amines) is 1. The molecule has 0 spiro atoms. The molecular formula is C16H21BrN2O2. The number of nitrogens with zero attached hydrogens (tertiary/aromatic N) is 1. The summed E-state index contributed by atoms with van der Waals surface area (Å²) in [5, 5.41) is 2.72. The minimum Gasteiger partial charge on any atom is -0.359 e. The zero-order valence-corrected chi connectivity index (χ0v) is 14.2. The lowest BCUT2D eigenvalue weighted by atomic mass is 9.89. The number of nitrogens with one attached hydrogen (secondary N) is 1. The number of hydrogen-bond donors (Lipinski definition) is 1. The van der Waals surface area contributed by atoms with Gasteiger partial charge < -0.3 is 5.32 Å². The quantitative estimate of drug-likeness (QED) is 0.846. The van der Waals surface area contributed by atoms with Crippen LogP contribution >= 0.6 is 15.9 Å². The van der Waals surface area contributed by atoms with Crippen LogP contribution < -0.4 is 5.32 Å². The Morgan fingerprint density at radius 2 is 1.95 bits per heavy atom. The minimum absolute atomic E-state index is 0.0493. The van der Waals surface area contributed by atoms with Gasteiger partial charge in [-0.1, -0.05) is 28.1 Å². The first-order valence-corrected chi connectivity index (χ1v) is 7.93. The van der Waals surface area contributed by atoms with E-state index in [2.05, 4.69) is 26.1 Å². The molecule has 0 aliphatic carbocycles. The fourth-order valence-electron chi connectivity index (χ4n) is 2.84. The Balaban J connectivity index is 2.07. The van der Waals surface area contributed by atoms with E-state index in [9.17, 15) is 9.59 Å². The van der Waals surface area contributed by atoms with Crippen molar-refractivity contribution in [1.82, 2.24) is 10.2 Å². The molecule has 0 radical (unpaired) electrons. The number of rotatable bonds is 4. The summed E-state index contributed by atoms with van der Waals surface area (Å²) in [5.41, 5.74) is 0.308. The van der Waals surface area contributed by atoms with Gasteiger partial charge in [-0.05, 0) is 38.9 Å². The summed E-state index contributed by atoms with van der Waals surface area (Å²) in [5.74, 6) is 0.150. The molecule has 5 heteroatoms. The molecule has 1 aliphatic heterocycles. The molecular weight excluding hydrogens is 332 g/mol. The van der Waals surface area contributed by atoms with Gasteiger partial charge in [0.05, 0.1) is 11.5 Å². The van der Waals surface area contributed by atoms with E-state index in [-0.39, 0.29) is 17.7 Å². The zero-order valence-electron chi connectivity index (χ0n) is 12.6. The van der Waals surface area contributed by atoms with Crippen molar-refractivity contribution in [3.05, 3.63) is 34.3 Å². The lowest BCUT2D eigenvalue weighted by Gasteiger charge is -2.26. The van der Waals surface area contributed by atoms with Gasteiger partial charge in [0.1, 0.15) is 0 Å². The Labute approximate surface area is 134 Å². The summed E-state index contributed by atoms with van der Waals surface area (Å²) in [6.07, 6.45) is 0.782. The molecule has 1 heterocycles. The molecule has 1 N–H and O–H groups in total. The van der Waals surface area contributed by atoms with E-state index >= 15 is 0 Å². The Bertz CT molecular complexity index is 544. The van der Waals surface area contributed by atoms with Gasteiger partial charge in [0.2, 0.25) is 5.91 Å². The maximum absolute atomic E-state index is 12.5. The highest BCUT2D eigenvalue weighted by molar-refractivity contribution is 9.10. The molecule has 1 amide bonds. The lowest BCUT2D eigenvalue weighted by molar-refractivity contribution is -0.129. The van der Waals surface area contributed by atoms with Crippen LogP contribution in [0.4, 0.5) is 0 Å². The molecule has 4 nitrogen and oxygen atoms in total. The third kappa shape index (κ3) is 3.35. The van der Waals surface area contributed by atoms with E-state index in [1.165, 1.54) is 0 Å². The molecule has 0 aromatic heterocycles. The fourth-order valence-corrected chi connectivity index (χ4v) is 3.10. The first kappa shape index (κ1) is 16.2. The molecule has 0 bridgehead atoms. The maximum Gasteiger partial charge on any atom is 0.227 e. The Hall–Kier alpha value is -1.20. The van der Waals surface area contributed by atoms with Crippen LogP contribution in [0.15, 0.2) is 28.7 Å². The summed E-state index contributed by atoms with van der Waals surface area (Å²) >= 11 is 3.37. The van der Waals surface area contributed by atoms with Crippen LogP contribution in [-0.2, 0) is 4.79 Å². The van der Waals surface area contributed by atoms with E-state index in [1.807, 2.05) is 38.1 Å². The van der Waals surface area contributed by atoms with Crippen LogP contribution in [0.3, 0.4) is 0 Å². The predicted molar refractivity (Wildman–Crippen MR) is 86.3 cm³/mol. The van der Waals surface area contributed by atoms with Crippen LogP contribution in [0.25, 0.3) is 0 Å². The highest BCUT2D eigenvalue weighted by Gasteiger charge is 2.42. The van der Waals surface area contributed by atoms with Gasteiger partial charge in [-0.2, -0.15) is 0 Å².